The molecule has 0 radical (unpaired) electrons. The van der Waals surface area contributed by atoms with Crippen molar-refractivity contribution in [2.45, 2.75) is 19.4 Å². The number of nitrogens with one attached hydrogen (secondary N) is 1. The smallest absolute Gasteiger partial charge is 0.0451 e. The quantitative estimate of drug-likeness (QED) is 0.773. The first-order valence-corrected chi connectivity index (χ1v) is 7.06. The first kappa shape index (κ1) is 15.0. The van der Waals surface area contributed by atoms with E-state index in [9.17, 15) is 0 Å². The summed E-state index contributed by atoms with van der Waals surface area (Å²) in [5, 5.41) is 4.25. The van der Waals surface area contributed by atoms with Crippen molar-refractivity contribution in [3.05, 3.63) is 33.3 Å². The van der Waals surface area contributed by atoms with E-state index in [1.54, 1.807) is 0 Å². The van der Waals surface area contributed by atoms with Crippen LogP contribution >= 0.6 is 27.5 Å². The van der Waals surface area contributed by atoms with Crippen LogP contribution in [0.5, 0.6) is 0 Å². The largest absolute Gasteiger partial charge is 0.313 e. The Kier molecular flexibility index (Phi) is 7.12. The van der Waals surface area contributed by atoms with Gasteiger partial charge in [0.25, 0.3) is 0 Å². The normalized spacial score (nSPS) is 11.1. The molecular weight excluding hydrogens is 300 g/mol. The predicted molar refractivity (Wildman–Crippen MR) is 78.6 cm³/mol. The van der Waals surface area contributed by atoms with Crippen LogP contribution in [0.15, 0.2) is 22.7 Å². The summed E-state index contributed by atoms with van der Waals surface area (Å²) < 4.78 is 1.08. The Morgan fingerprint density at radius 2 is 2.06 bits per heavy atom. The average molecular weight is 320 g/mol. The molecule has 2 nitrogen and oxygen atoms in total. The average Bonchev–Trinajstić information content (AvgIpc) is 2.27. The minimum atomic E-state index is 0.828. The van der Waals surface area contributed by atoms with Crippen molar-refractivity contribution >= 4 is 27.5 Å². The van der Waals surface area contributed by atoms with Gasteiger partial charge in [-0.1, -0.05) is 27.5 Å². The third-order valence-corrected chi connectivity index (χ3v) is 3.39. The Labute approximate surface area is 117 Å². The summed E-state index contributed by atoms with van der Waals surface area (Å²) in [6, 6.07) is 5.95. The van der Waals surface area contributed by atoms with Crippen molar-refractivity contribution in [2.24, 2.45) is 0 Å². The number of hydrogen-bond donors (Lipinski definition) is 1. The summed E-state index contributed by atoms with van der Waals surface area (Å²) in [5.74, 6) is 0. The molecule has 0 atom stereocenters. The van der Waals surface area contributed by atoms with Crippen LogP contribution in [0.25, 0.3) is 0 Å². The van der Waals surface area contributed by atoms with Crippen molar-refractivity contribution < 1.29 is 0 Å². The minimum Gasteiger partial charge on any atom is -0.313 e. The van der Waals surface area contributed by atoms with Crippen LogP contribution < -0.4 is 5.32 Å². The fourth-order valence-corrected chi connectivity index (χ4v) is 2.17. The van der Waals surface area contributed by atoms with Gasteiger partial charge in [0.15, 0.2) is 0 Å². The van der Waals surface area contributed by atoms with Crippen LogP contribution in [0.1, 0.15) is 18.4 Å². The molecule has 0 saturated carbocycles. The first-order valence-electron chi connectivity index (χ1n) is 5.89. The predicted octanol–water partition coefficient (Wildman–Crippen LogP) is 3.53. The van der Waals surface area contributed by atoms with Gasteiger partial charge in [-0.25, -0.2) is 0 Å². The Morgan fingerprint density at radius 3 is 2.76 bits per heavy atom. The SMILES string of the molecule is CN(C)CCCCNCc1cc(Br)ccc1Cl. The van der Waals surface area contributed by atoms with E-state index in [0.717, 1.165) is 34.7 Å². The molecule has 0 bridgehead atoms. The highest BCUT2D eigenvalue weighted by molar-refractivity contribution is 9.10. The number of halogens is 2. The molecule has 0 aromatic heterocycles. The summed E-state index contributed by atoms with van der Waals surface area (Å²) in [6.07, 6.45) is 2.43. The van der Waals surface area contributed by atoms with Crippen LogP contribution in [-0.4, -0.2) is 32.1 Å². The Balaban J connectivity index is 2.20. The Hall–Kier alpha value is -0.0900. The highest BCUT2D eigenvalue weighted by atomic mass is 79.9. The zero-order chi connectivity index (χ0) is 12.7. The molecule has 96 valence electrons. The van der Waals surface area contributed by atoms with Crippen molar-refractivity contribution in [3.63, 3.8) is 0 Å². The zero-order valence-corrected chi connectivity index (χ0v) is 12.8. The molecule has 4 heteroatoms. The third-order valence-electron chi connectivity index (χ3n) is 2.53. The number of nitrogens with zero attached hydrogens (tertiary/aromatic N) is 1. The summed E-state index contributed by atoms with van der Waals surface area (Å²) in [7, 11) is 4.21. The van der Waals surface area contributed by atoms with Crippen LogP contribution in [0.3, 0.4) is 0 Å². The van der Waals surface area contributed by atoms with Crippen LogP contribution in [0.2, 0.25) is 5.02 Å². The zero-order valence-electron chi connectivity index (χ0n) is 10.5. The highest BCUT2D eigenvalue weighted by Crippen LogP contribution is 2.20. The molecular formula is C13H20BrClN2. The number of hydrogen-bond acceptors (Lipinski definition) is 2. The second-order valence-corrected chi connectivity index (χ2v) is 5.75. The molecule has 0 amide bonds. The molecule has 0 fully saturated rings. The van der Waals surface area contributed by atoms with Crippen LogP contribution in [0.4, 0.5) is 0 Å². The van der Waals surface area contributed by atoms with Crippen molar-refractivity contribution in [3.8, 4) is 0 Å². The number of unbranched alkanes of at least 4 members (excludes halogenated alkanes) is 1. The number of benzene rings is 1. The molecule has 0 heterocycles. The van der Waals surface area contributed by atoms with Gasteiger partial charge < -0.3 is 10.2 Å². The van der Waals surface area contributed by atoms with E-state index in [-0.39, 0.29) is 0 Å². The fraction of sp³-hybridized carbons (Fsp3) is 0.538. The number of rotatable bonds is 7. The maximum absolute atomic E-state index is 6.11. The van der Waals surface area contributed by atoms with Gasteiger partial charge in [0, 0.05) is 16.0 Å². The maximum atomic E-state index is 6.11. The van der Waals surface area contributed by atoms with Gasteiger partial charge in [-0.15, -0.1) is 0 Å². The summed E-state index contributed by atoms with van der Waals surface area (Å²) in [6.45, 7) is 3.02. The van der Waals surface area contributed by atoms with Crippen molar-refractivity contribution in [1.29, 1.82) is 0 Å². The van der Waals surface area contributed by atoms with Gasteiger partial charge in [-0.3, -0.25) is 0 Å². The summed E-state index contributed by atoms with van der Waals surface area (Å²) in [4.78, 5) is 2.21. The van der Waals surface area contributed by atoms with Crippen LogP contribution in [0, 0.1) is 0 Å². The second kappa shape index (κ2) is 8.09. The molecule has 1 rings (SSSR count). The lowest BCUT2D eigenvalue weighted by molar-refractivity contribution is 0.391. The van der Waals surface area contributed by atoms with E-state index in [2.05, 4.69) is 46.3 Å². The van der Waals surface area contributed by atoms with E-state index in [0.29, 0.717) is 0 Å². The lowest BCUT2D eigenvalue weighted by Gasteiger charge is -2.10. The molecule has 0 aliphatic carbocycles. The molecule has 0 spiro atoms. The molecule has 1 N–H and O–H groups in total. The Morgan fingerprint density at radius 1 is 1.29 bits per heavy atom. The lowest BCUT2D eigenvalue weighted by Crippen LogP contribution is -2.18. The monoisotopic (exact) mass is 318 g/mol. The fourth-order valence-electron chi connectivity index (χ4n) is 1.58. The topological polar surface area (TPSA) is 15.3 Å². The molecule has 0 aliphatic heterocycles. The molecule has 0 unspecified atom stereocenters. The van der Waals surface area contributed by atoms with Gasteiger partial charge >= 0.3 is 0 Å². The molecule has 17 heavy (non-hydrogen) atoms. The molecule has 1 aromatic carbocycles. The van der Waals surface area contributed by atoms with Gasteiger partial charge in [-0.05, 0) is 63.8 Å². The van der Waals surface area contributed by atoms with E-state index < -0.39 is 0 Å². The van der Waals surface area contributed by atoms with E-state index in [4.69, 9.17) is 11.6 Å². The summed E-state index contributed by atoms with van der Waals surface area (Å²) >= 11 is 9.56. The summed E-state index contributed by atoms with van der Waals surface area (Å²) in [5.41, 5.74) is 1.15. The second-order valence-electron chi connectivity index (χ2n) is 4.42. The van der Waals surface area contributed by atoms with E-state index in [1.807, 2.05) is 12.1 Å². The Bertz CT molecular complexity index is 342. The van der Waals surface area contributed by atoms with Crippen molar-refractivity contribution in [1.82, 2.24) is 10.2 Å². The molecule has 1 aromatic rings. The maximum Gasteiger partial charge on any atom is 0.0451 e. The first-order chi connectivity index (χ1) is 8.09. The van der Waals surface area contributed by atoms with Crippen molar-refractivity contribution in [2.75, 3.05) is 27.2 Å². The van der Waals surface area contributed by atoms with Gasteiger partial charge in [0.05, 0.1) is 0 Å². The van der Waals surface area contributed by atoms with E-state index in [1.165, 1.54) is 12.8 Å². The van der Waals surface area contributed by atoms with Gasteiger partial charge in [0.2, 0.25) is 0 Å². The van der Waals surface area contributed by atoms with E-state index >= 15 is 0 Å². The highest BCUT2D eigenvalue weighted by Gasteiger charge is 2.00. The minimum absolute atomic E-state index is 0.828. The third kappa shape index (κ3) is 6.41. The lowest BCUT2D eigenvalue weighted by atomic mass is 10.2. The van der Waals surface area contributed by atoms with Crippen LogP contribution in [-0.2, 0) is 6.54 Å². The standard InChI is InChI=1S/C13H20BrClN2/c1-17(2)8-4-3-7-16-10-11-9-12(14)5-6-13(11)15/h5-6,9,16H,3-4,7-8,10H2,1-2H3. The van der Waals surface area contributed by atoms with Gasteiger partial charge in [0.1, 0.15) is 0 Å². The van der Waals surface area contributed by atoms with Gasteiger partial charge in [-0.2, -0.15) is 0 Å². The molecule has 0 saturated heterocycles. The molecule has 0 aliphatic rings.